The second-order valence-corrected chi connectivity index (χ2v) is 5.53. The van der Waals surface area contributed by atoms with Gasteiger partial charge in [-0.1, -0.05) is 11.8 Å². The van der Waals surface area contributed by atoms with Crippen molar-refractivity contribution in [1.82, 2.24) is 4.98 Å². The summed E-state index contributed by atoms with van der Waals surface area (Å²) >= 11 is 1.54. The third-order valence-corrected chi connectivity index (χ3v) is 4.15. The Bertz CT molecular complexity index is 382. The SMILES string of the molecule is COC(=O)C1(N)CCCC(Sc2ncco2)C1. The molecule has 0 aromatic carbocycles. The van der Waals surface area contributed by atoms with E-state index in [1.54, 1.807) is 12.5 Å². The molecule has 2 N–H and O–H groups in total. The van der Waals surface area contributed by atoms with Crippen molar-refractivity contribution in [3.63, 3.8) is 0 Å². The van der Waals surface area contributed by atoms with Crippen molar-refractivity contribution in [3.8, 4) is 0 Å². The van der Waals surface area contributed by atoms with Gasteiger partial charge >= 0.3 is 5.97 Å². The van der Waals surface area contributed by atoms with E-state index >= 15 is 0 Å². The Morgan fingerprint density at radius 2 is 2.59 bits per heavy atom. The Morgan fingerprint density at radius 3 is 3.24 bits per heavy atom. The van der Waals surface area contributed by atoms with Crippen molar-refractivity contribution in [2.24, 2.45) is 5.73 Å². The molecule has 94 valence electrons. The molecule has 1 heterocycles. The molecule has 1 aromatic heterocycles. The fourth-order valence-electron chi connectivity index (χ4n) is 2.16. The van der Waals surface area contributed by atoms with Crippen molar-refractivity contribution in [1.29, 1.82) is 0 Å². The summed E-state index contributed by atoms with van der Waals surface area (Å²) in [5.41, 5.74) is 5.24. The lowest BCUT2D eigenvalue weighted by Crippen LogP contribution is -2.52. The average molecular weight is 256 g/mol. The maximum absolute atomic E-state index is 11.6. The molecule has 5 nitrogen and oxygen atoms in total. The lowest BCUT2D eigenvalue weighted by molar-refractivity contribution is -0.148. The number of hydrogen-bond donors (Lipinski definition) is 1. The highest BCUT2D eigenvalue weighted by molar-refractivity contribution is 7.99. The number of nitrogens with zero attached hydrogens (tertiary/aromatic N) is 1. The van der Waals surface area contributed by atoms with E-state index in [4.69, 9.17) is 14.9 Å². The minimum atomic E-state index is -0.850. The van der Waals surface area contributed by atoms with E-state index in [-0.39, 0.29) is 11.2 Å². The summed E-state index contributed by atoms with van der Waals surface area (Å²) in [6.45, 7) is 0. The number of hydrogen-bond acceptors (Lipinski definition) is 6. The van der Waals surface area contributed by atoms with E-state index in [0.29, 0.717) is 18.1 Å². The molecule has 0 aliphatic heterocycles. The zero-order chi connectivity index (χ0) is 12.3. The van der Waals surface area contributed by atoms with Crippen molar-refractivity contribution >= 4 is 17.7 Å². The topological polar surface area (TPSA) is 78.4 Å². The normalized spacial score (nSPS) is 28.9. The number of carbonyl (C=O) groups is 1. The number of thioether (sulfide) groups is 1. The number of oxazole rings is 1. The molecule has 0 spiro atoms. The Labute approximate surface area is 104 Å². The van der Waals surface area contributed by atoms with Crippen molar-refractivity contribution in [3.05, 3.63) is 12.5 Å². The minimum Gasteiger partial charge on any atom is -0.468 e. The minimum absolute atomic E-state index is 0.256. The molecule has 0 bridgehead atoms. The Kier molecular flexibility index (Phi) is 3.73. The molecule has 2 rings (SSSR count). The van der Waals surface area contributed by atoms with Gasteiger partial charge < -0.3 is 14.9 Å². The third kappa shape index (κ3) is 2.81. The van der Waals surface area contributed by atoms with Crippen molar-refractivity contribution in [2.75, 3.05) is 7.11 Å². The van der Waals surface area contributed by atoms with Crippen LogP contribution in [-0.4, -0.2) is 28.9 Å². The van der Waals surface area contributed by atoms with Crippen LogP contribution in [0.3, 0.4) is 0 Å². The molecular formula is C11H16N2O3S. The van der Waals surface area contributed by atoms with Crippen LogP contribution in [0.1, 0.15) is 25.7 Å². The molecule has 1 fully saturated rings. The van der Waals surface area contributed by atoms with E-state index < -0.39 is 5.54 Å². The number of carbonyl (C=O) groups excluding carboxylic acids is 1. The van der Waals surface area contributed by atoms with E-state index in [2.05, 4.69) is 4.98 Å². The summed E-state index contributed by atoms with van der Waals surface area (Å²) in [5, 5.41) is 0.885. The average Bonchev–Trinajstić information content (AvgIpc) is 2.81. The van der Waals surface area contributed by atoms with Gasteiger partial charge in [-0.2, -0.15) is 0 Å². The van der Waals surface area contributed by atoms with Gasteiger partial charge in [0.05, 0.1) is 13.3 Å². The standard InChI is InChI=1S/C11H16N2O3S/c1-15-9(14)11(12)4-2-3-8(7-11)17-10-13-5-6-16-10/h5-6,8H,2-4,7,12H2,1H3. The summed E-state index contributed by atoms with van der Waals surface area (Å²) in [6, 6.07) is 0. The fraction of sp³-hybridized carbons (Fsp3) is 0.636. The highest BCUT2D eigenvalue weighted by Gasteiger charge is 2.40. The summed E-state index contributed by atoms with van der Waals surface area (Å²) < 4.78 is 9.95. The van der Waals surface area contributed by atoms with Gasteiger partial charge in [0.2, 0.25) is 0 Å². The van der Waals surface area contributed by atoms with E-state index in [1.165, 1.54) is 18.9 Å². The predicted molar refractivity (Wildman–Crippen MR) is 63.6 cm³/mol. The largest absolute Gasteiger partial charge is 0.468 e. The van der Waals surface area contributed by atoms with Gasteiger partial charge in [0.25, 0.3) is 5.22 Å². The van der Waals surface area contributed by atoms with Crippen LogP contribution in [0.15, 0.2) is 22.1 Å². The van der Waals surface area contributed by atoms with Gasteiger partial charge in [-0.05, 0) is 25.7 Å². The van der Waals surface area contributed by atoms with Gasteiger partial charge in [-0.3, -0.25) is 4.79 Å². The molecule has 6 heteroatoms. The van der Waals surface area contributed by atoms with Crippen LogP contribution in [0.2, 0.25) is 0 Å². The van der Waals surface area contributed by atoms with Crippen LogP contribution in [0.25, 0.3) is 0 Å². The quantitative estimate of drug-likeness (QED) is 0.827. The maximum Gasteiger partial charge on any atom is 0.325 e. The summed E-state index contributed by atoms with van der Waals surface area (Å²) in [4.78, 5) is 15.7. The van der Waals surface area contributed by atoms with Crippen molar-refractivity contribution in [2.45, 2.75) is 41.7 Å². The molecule has 1 aromatic rings. The van der Waals surface area contributed by atoms with Crippen LogP contribution < -0.4 is 5.73 Å². The Hall–Kier alpha value is -1.01. The maximum atomic E-state index is 11.6. The zero-order valence-corrected chi connectivity index (χ0v) is 10.5. The number of rotatable bonds is 3. The van der Waals surface area contributed by atoms with E-state index in [9.17, 15) is 4.79 Å². The first-order valence-corrected chi connectivity index (χ1v) is 6.45. The summed E-state index contributed by atoms with van der Waals surface area (Å²) in [5.74, 6) is -0.324. The third-order valence-electron chi connectivity index (χ3n) is 3.01. The number of ether oxygens (including phenoxy) is 1. The lowest BCUT2D eigenvalue weighted by atomic mass is 9.82. The number of nitrogens with two attached hydrogens (primary N) is 1. The summed E-state index contributed by atoms with van der Waals surface area (Å²) in [6.07, 6.45) is 6.38. The molecule has 1 aliphatic rings. The monoisotopic (exact) mass is 256 g/mol. The van der Waals surface area contributed by atoms with Gasteiger partial charge in [0, 0.05) is 5.25 Å². The number of methoxy groups -OCH3 is 1. The van der Waals surface area contributed by atoms with Crippen LogP contribution in [-0.2, 0) is 9.53 Å². The fourth-order valence-corrected chi connectivity index (χ4v) is 3.34. The molecule has 17 heavy (non-hydrogen) atoms. The first-order chi connectivity index (χ1) is 8.14. The predicted octanol–water partition coefficient (Wildman–Crippen LogP) is 1.58. The molecule has 0 amide bonds. The molecule has 2 unspecified atom stereocenters. The van der Waals surface area contributed by atoms with Gasteiger partial charge in [-0.25, -0.2) is 4.98 Å². The smallest absolute Gasteiger partial charge is 0.325 e. The second-order valence-electron chi connectivity index (χ2n) is 4.28. The number of aromatic nitrogens is 1. The van der Waals surface area contributed by atoms with E-state index in [0.717, 1.165) is 12.8 Å². The zero-order valence-electron chi connectivity index (χ0n) is 9.72. The second kappa shape index (κ2) is 5.10. The van der Waals surface area contributed by atoms with Gasteiger partial charge in [0.1, 0.15) is 11.8 Å². The van der Waals surface area contributed by atoms with Gasteiger partial charge in [-0.15, -0.1) is 0 Å². The molecule has 1 aliphatic carbocycles. The molecule has 0 radical (unpaired) electrons. The summed E-state index contributed by atoms with van der Waals surface area (Å²) in [7, 11) is 1.38. The van der Waals surface area contributed by atoms with Crippen LogP contribution in [0.5, 0.6) is 0 Å². The Morgan fingerprint density at radius 1 is 1.76 bits per heavy atom. The number of esters is 1. The first-order valence-electron chi connectivity index (χ1n) is 5.57. The van der Waals surface area contributed by atoms with E-state index in [1.807, 2.05) is 0 Å². The first kappa shape index (κ1) is 12.4. The lowest BCUT2D eigenvalue weighted by Gasteiger charge is -2.34. The van der Waals surface area contributed by atoms with Crippen LogP contribution in [0, 0.1) is 0 Å². The highest BCUT2D eigenvalue weighted by Crippen LogP contribution is 2.37. The van der Waals surface area contributed by atoms with Crippen LogP contribution in [0.4, 0.5) is 0 Å². The van der Waals surface area contributed by atoms with Crippen molar-refractivity contribution < 1.29 is 13.9 Å². The molecule has 0 saturated heterocycles. The molecule has 1 saturated carbocycles. The molecular weight excluding hydrogens is 240 g/mol. The molecule has 2 atom stereocenters. The Balaban J connectivity index is 1.99. The van der Waals surface area contributed by atoms with Crippen LogP contribution >= 0.6 is 11.8 Å². The van der Waals surface area contributed by atoms with Gasteiger partial charge in [0.15, 0.2) is 0 Å². The highest BCUT2D eigenvalue weighted by atomic mass is 32.2.